The summed E-state index contributed by atoms with van der Waals surface area (Å²) in [7, 11) is 0. The van der Waals surface area contributed by atoms with Crippen molar-refractivity contribution in [1.29, 1.82) is 0 Å². The molecular formula is C16H16N2O4. The third kappa shape index (κ3) is 2.52. The number of carbonyl (C=O) groups is 1. The molecule has 2 heterocycles. The summed E-state index contributed by atoms with van der Waals surface area (Å²) < 4.78 is 11.1. The molecule has 1 unspecified atom stereocenters. The van der Waals surface area contributed by atoms with E-state index in [-0.39, 0.29) is 23.8 Å². The molecule has 1 saturated carbocycles. The van der Waals surface area contributed by atoms with Gasteiger partial charge in [0.05, 0.1) is 0 Å². The number of ether oxygens (including phenoxy) is 2. The molecule has 1 aliphatic carbocycles. The molecule has 0 saturated heterocycles. The Bertz CT molecular complexity index is 794. The standard InChI is InChI=1S/C16H16N2O4/c19-15-6-3-11-12-7-10(22-16(20)17-9-1-2-9)8-21-14(12)5-4-13(11)18-15/h3-6,9-10H,1-2,7-8H2,(H,17,20)(H,18,19). The van der Waals surface area contributed by atoms with E-state index in [1.807, 2.05) is 12.1 Å². The van der Waals surface area contributed by atoms with Crippen LogP contribution in [-0.2, 0) is 11.2 Å². The van der Waals surface area contributed by atoms with E-state index in [0.717, 1.165) is 35.1 Å². The van der Waals surface area contributed by atoms with Crippen LogP contribution in [0.3, 0.4) is 0 Å². The topological polar surface area (TPSA) is 80.4 Å². The van der Waals surface area contributed by atoms with Gasteiger partial charge in [-0.1, -0.05) is 0 Å². The Morgan fingerprint density at radius 1 is 1.27 bits per heavy atom. The lowest BCUT2D eigenvalue weighted by atomic mass is 9.99. The predicted molar refractivity (Wildman–Crippen MR) is 80.2 cm³/mol. The monoisotopic (exact) mass is 300 g/mol. The second kappa shape index (κ2) is 5.05. The number of amides is 1. The number of fused-ring (bicyclic) bond motifs is 3. The average Bonchev–Trinajstić information content (AvgIpc) is 3.30. The van der Waals surface area contributed by atoms with Gasteiger partial charge < -0.3 is 19.8 Å². The summed E-state index contributed by atoms with van der Waals surface area (Å²) in [5.74, 6) is 0.780. The Morgan fingerprint density at radius 3 is 2.95 bits per heavy atom. The minimum absolute atomic E-state index is 0.138. The smallest absolute Gasteiger partial charge is 0.407 e. The Morgan fingerprint density at radius 2 is 2.14 bits per heavy atom. The number of pyridine rings is 1. The lowest BCUT2D eigenvalue weighted by Crippen LogP contribution is -2.36. The van der Waals surface area contributed by atoms with Crippen LogP contribution in [0.1, 0.15) is 18.4 Å². The van der Waals surface area contributed by atoms with Crippen LogP contribution in [0.15, 0.2) is 29.1 Å². The number of aromatic amines is 1. The van der Waals surface area contributed by atoms with E-state index < -0.39 is 0 Å². The van der Waals surface area contributed by atoms with E-state index in [1.54, 1.807) is 6.07 Å². The van der Waals surface area contributed by atoms with Crippen molar-refractivity contribution in [3.05, 3.63) is 40.2 Å². The Balaban J connectivity index is 1.58. The molecule has 2 aromatic rings. The number of rotatable bonds is 2. The molecule has 6 nitrogen and oxygen atoms in total. The second-order valence-electron chi connectivity index (χ2n) is 5.79. The molecule has 1 fully saturated rings. The highest BCUT2D eigenvalue weighted by atomic mass is 16.6. The van der Waals surface area contributed by atoms with Crippen molar-refractivity contribution < 1.29 is 14.3 Å². The average molecular weight is 300 g/mol. The predicted octanol–water partition coefficient (Wildman–Crippen LogP) is 1.72. The number of carbonyl (C=O) groups excluding carboxylic acids is 1. The van der Waals surface area contributed by atoms with Crippen LogP contribution in [0.2, 0.25) is 0 Å². The molecule has 1 aliphatic heterocycles. The molecule has 0 spiro atoms. The van der Waals surface area contributed by atoms with E-state index >= 15 is 0 Å². The van der Waals surface area contributed by atoms with E-state index in [2.05, 4.69) is 10.3 Å². The highest BCUT2D eigenvalue weighted by molar-refractivity contribution is 5.84. The molecule has 1 aromatic carbocycles. The fraction of sp³-hybridized carbons (Fsp3) is 0.375. The van der Waals surface area contributed by atoms with Gasteiger partial charge in [-0.3, -0.25) is 4.79 Å². The molecule has 0 bridgehead atoms. The first kappa shape index (κ1) is 13.2. The fourth-order valence-electron chi connectivity index (χ4n) is 2.75. The molecule has 1 atom stereocenters. The van der Waals surface area contributed by atoms with Crippen LogP contribution in [0.4, 0.5) is 4.79 Å². The number of nitrogens with one attached hydrogen (secondary N) is 2. The van der Waals surface area contributed by atoms with E-state index in [9.17, 15) is 9.59 Å². The highest BCUT2D eigenvalue weighted by Crippen LogP contribution is 2.31. The van der Waals surface area contributed by atoms with Gasteiger partial charge in [0.15, 0.2) is 0 Å². The Hall–Kier alpha value is -2.50. The van der Waals surface area contributed by atoms with Crippen molar-refractivity contribution in [2.45, 2.75) is 31.4 Å². The minimum Gasteiger partial charge on any atom is -0.489 e. The molecule has 6 heteroatoms. The molecule has 2 N–H and O–H groups in total. The number of benzene rings is 1. The number of hydrogen-bond donors (Lipinski definition) is 2. The highest BCUT2D eigenvalue weighted by Gasteiger charge is 2.28. The summed E-state index contributed by atoms with van der Waals surface area (Å²) >= 11 is 0. The summed E-state index contributed by atoms with van der Waals surface area (Å²) in [5.41, 5.74) is 1.59. The van der Waals surface area contributed by atoms with Crippen molar-refractivity contribution in [2.75, 3.05) is 6.61 Å². The third-order valence-electron chi connectivity index (χ3n) is 4.00. The summed E-state index contributed by atoms with van der Waals surface area (Å²) in [4.78, 5) is 25.9. The van der Waals surface area contributed by atoms with Gasteiger partial charge in [0.1, 0.15) is 18.5 Å². The Kier molecular flexibility index (Phi) is 3.03. The van der Waals surface area contributed by atoms with Crippen molar-refractivity contribution in [3.63, 3.8) is 0 Å². The van der Waals surface area contributed by atoms with Gasteiger partial charge in [-0.25, -0.2) is 4.79 Å². The molecule has 1 amide bonds. The normalized spacial score (nSPS) is 20.1. The van der Waals surface area contributed by atoms with Crippen LogP contribution >= 0.6 is 0 Å². The zero-order valence-electron chi connectivity index (χ0n) is 11.9. The van der Waals surface area contributed by atoms with Crippen molar-refractivity contribution in [2.24, 2.45) is 0 Å². The summed E-state index contributed by atoms with van der Waals surface area (Å²) in [5, 5.41) is 3.73. The summed E-state index contributed by atoms with van der Waals surface area (Å²) in [6.07, 6.45) is 1.93. The molecule has 114 valence electrons. The van der Waals surface area contributed by atoms with Gasteiger partial charge in [-0.2, -0.15) is 0 Å². The van der Waals surface area contributed by atoms with Gasteiger partial charge in [0.25, 0.3) is 0 Å². The number of H-pyrrole nitrogens is 1. The lowest BCUT2D eigenvalue weighted by molar-refractivity contribution is 0.0558. The van der Waals surface area contributed by atoms with Gasteiger partial charge in [0.2, 0.25) is 5.56 Å². The maximum Gasteiger partial charge on any atom is 0.407 e. The number of alkyl carbamates (subject to hydrolysis) is 1. The lowest BCUT2D eigenvalue weighted by Gasteiger charge is -2.26. The van der Waals surface area contributed by atoms with E-state index in [0.29, 0.717) is 13.0 Å². The van der Waals surface area contributed by atoms with Gasteiger partial charge in [0, 0.05) is 35.0 Å². The molecule has 1 aromatic heterocycles. The maximum atomic E-state index is 11.7. The van der Waals surface area contributed by atoms with Gasteiger partial charge in [-0.15, -0.1) is 0 Å². The number of hydrogen-bond acceptors (Lipinski definition) is 4. The molecule has 4 rings (SSSR count). The zero-order valence-corrected chi connectivity index (χ0v) is 11.9. The largest absolute Gasteiger partial charge is 0.489 e. The maximum absolute atomic E-state index is 11.7. The molecular weight excluding hydrogens is 284 g/mol. The first-order valence-corrected chi connectivity index (χ1v) is 7.44. The van der Waals surface area contributed by atoms with Crippen LogP contribution in [0.25, 0.3) is 10.9 Å². The third-order valence-corrected chi connectivity index (χ3v) is 4.00. The van der Waals surface area contributed by atoms with Crippen molar-refractivity contribution >= 4 is 17.0 Å². The van der Waals surface area contributed by atoms with Gasteiger partial charge in [-0.05, 0) is 31.0 Å². The Labute approximate surface area is 126 Å². The van der Waals surface area contributed by atoms with Crippen LogP contribution in [0, 0.1) is 0 Å². The molecule has 2 aliphatic rings. The van der Waals surface area contributed by atoms with Crippen LogP contribution in [0.5, 0.6) is 5.75 Å². The van der Waals surface area contributed by atoms with Crippen LogP contribution in [-0.4, -0.2) is 29.8 Å². The SMILES string of the molecule is O=C(NC1CC1)OC1COc2ccc3[nH]c(=O)ccc3c2C1. The second-order valence-corrected chi connectivity index (χ2v) is 5.79. The first-order valence-electron chi connectivity index (χ1n) is 7.44. The van der Waals surface area contributed by atoms with Crippen LogP contribution < -0.4 is 15.6 Å². The first-order chi connectivity index (χ1) is 10.7. The number of aromatic nitrogens is 1. The molecule has 0 radical (unpaired) electrons. The minimum atomic E-state index is -0.381. The van der Waals surface area contributed by atoms with Gasteiger partial charge >= 0.3 is 6.09 Å². The zero-order chi connectivity index (χ0) is 15.1. The quantitative estimate of drug-likeness (QED) is 0.885. The summed E-state index contributed by atoms with van der Waals surface area (Å²) in [6.45, 7) is 0.347. The van der Waals surface area contributed by atoms with E-state index in [4.69, 9.17) is 9.47 Å². The van der Waals surface area contributed by atoms with Crippen molar-refractivity contribution in [3.8, 4) is 5.75 Å². The van der Waals surface area contributed by atoms with E-state index in [1.165, 1.54) is 6.07 Å². The fourth-order valence-corrected chi connectivity index (χ4v) is 2.75. The van der Waals surface area contributed by atoms with Crippen molar-refractivity contribution in [1.82, 2.24) is 10.3 Å². The molecule has 22 heavy (non-hydrogen) atoms. The summed E-state index contributed by atoms with van der Waals surface area (Å²) in [6, 6.07) is 7.22.